The maximum atomic E-state index is 3.84. The largest absolute Gasteiger partial charge is 0.357 e. The van der Waals surface area contributed by atoms with Crippen LogP contribution in [0.4, 0.5) is 0 Å². The topological polar surface area (TPSA) is 27.8 Å². The maximum Gasteiger partial charge on any atom is 0.0476 e. The Balaban J connectivity index is 1.57. The summed E-state index contributed by atoms with van der Waals surface area (Å²) >= 11 is 2.11. The lowest BCUT2D eigenvalue weighted by Gasteiger charge is -2.25. The van der Waals surface area contributed by atoms with Crippen molar-refractivity contribution in [3.63, 3.8) is 0 Å². The molecule has 1 aliphatic carbocycles. The lowest BCUT2D eigenvalue weighted by atomic mass is 9.91. The molecule has 1 aliphatic heterocycles. The van der Waals surface area contributed by atoms with Gasteiger partial charge in [-0.2, -0.15) is 11.8 Å². The van der Waals surface area contributed by atoms with Gasteiger partial charge in [-0.25, -0.2) is 0 Å². The van der Waals surface area contributed by atoms with Gasteiger partial charge >= 0.3 is 0 Å². The highest BCUT2D eigenvalue weighted by Gasteiger charge is 2.25. The van der Waals surface area contributed by atoms with Crippen molar-refractivity contribution in [1.82, 2.24) is 10.3 Å². The molecular weight excluding hydrogens is 264 g/mol. The Morgan fingerprint density at radius 3 is 3.10 bits per heavy atom. The Morgan fingerprint density at radius 1 is 1.25 bits per heavy atom. The summed E-state index contributed by atoms with van der Waals surface area (Å²) in [5, 5.41) is 5.27. The highest BCUT2D eigenvalue weighted by atomic mass is 32.2. The molecule has 2 unspecified atom stereocenters. The zero-order chi connectivity index (χ0) is 13.4. The van der Waals surface area contributed by atoms with Gasteiger partial charge in [-0.05, 0) is 61.3 Å². The van der Waals surface area contributed by atoms with Crippen molar-refractivity contribution in [3.8, 4) is 0 Å². The van der Waals surface area contributed by atoms with E-state index in [-0.39, 0.29) is 0 Å². The number of para-hydroxylation sites is 1. The van der Waals surface area contributed by atoms with E-state index in [1.165, 1.54) is 60.3 Å². The van der Waals surface area contributed by atoms with Crippen molar-refractivity contribution in [1.29, 1.82) is 0 Å². The molecule has 2 atom stereocenters. The van der Waals surface area contributed by atoms with E-state index in [4.69, 9.17) is 0 Å². The van der Waals surface area contributed by atoms with E-state index in [1.807, 2.05) is 0 Å². The lowest BCUT2D eigenvalue weighted by Crippen LogP contribution is -2.30. The van der Waals surface area contributed by atoms with E-state index >= 15 is 0 Å². The average molecular weight is 286 g/mol. The van der Waals surface area contributed by atoms with Gasteiger partial charge in [0.1, 0.15) is 0 Å². The first kappa shape index (κ1) is 12.8. The van der Waals surface area contributed by atoms with Crippen LogP contribution in [-0.2, 0) is 6.42 Å². The van der Waals surface area contributed by atoms with Crippen LogP contribution in [0.2, 0.25) is 0 Å². The minimum absolute atomic E-state index is 0.539. The first-order chi connectivity index (χ1) is 9.92. The van der Waals surface area contributed by atoms with E-state index in [9.17, 15) is 0 Å². The Bertz CT molecular complexity index is 598. The van der Waals surface area contributed by atoms with Crippen LogP contribution >= 0.6 is 11.8 Å². The maximum absolute atomic E-state index is 3.84. The molecular formula is C17H22N2S. The van der Waals surface area contributed by atoms with Gasteiger partial charge in [0, 0.05) is 22.6 Å². The van der Waals surface area contributed by atoms with Crippen molar-refractivity contribution in [2.45, 2.75) is 31.7 Å². The predicted octanol–water partition coefficient (Wildman–Crippen LogP) is 3.89. The van der Waals surface area contributed by atoms with E-state index in [0.29, 0.717) is 6.04 Å². The fraction of sp³-hybridized carbons (Fsp3) is 0.529. The van der Waals surface area contributed by atoms with Gasteiger partial charge in [-0.1, -0.05) is 18.2 Å². The van der Waals surface area contributed by atoms with Crippen molar-refractivity contribution >= 4 is 22.7 Å². The summed E-state index contributed by atoms with van der Waals surface area (Å²) in [5.41, 5.74) is 4.33. The van der Waals surface area contributed by atoms with Crippen LogP contribution < -0.4 is 5.32 Å². The quantitative estimate of drug-likeness (QED) is 0.896. The van der Waals surface area contributed by atoms with Crippen molar-refractivity contribution < 1.29 is 0 Å². The van der Waals surface area contributed by atoms with Gasteiger partial charge in [0.25, 0.3) is 0 Å². The van der Waals surface area contributed by atoms with Crippen molar-refractivity contribution in [3.05, 3.63) is 35.5 Å². The second-order valence-electron chi connectivity index (χ2n) is 6.15. The molecule has 2 aliphatic rings. The molecule has 2 heterocycles. The van der Waals surface area contributed by atoms with Crippen LogP contribution in [0.3, 0.4) is 0 Å². The molecule has 2 nitrogen and oxygen atoms in total. The first-order valence-corrected chi connectivity index (χ1v) is 8.98. The Morgan fingerprint density at radius 2 is 2.20 bits per heavy atom. The SMILES string of the molecule is c1ccc2c3c([nH]c2c1)C(NCC1CCSC1)CCC3. The molecule has 4 rings (SSSR count). The van der Waals surface area contributed by atoms with Gasteiger partial charge in [0.05, 0.1) is 0 Å². The lowest BCUT2D eigenvalue weighted by molar-refractivity contribution is 0.413. The van der Waals surface area contributed by atoms with E-state index in [2.05, 4.69) is 46.3 Å². The molecule has 0 saturated carbocycles. The Hall–Kier alpha value is -0.930. The molecule has 1 aromatic heterocycles. The number of hydrogen-bond donors (Lipinski definition) is 2. The molecule has 106 valence electrons. The number of aromatic nitrogens is 1. The molecule has 2 N–H and O–H groups in total. The van der Waals surface area contributed by atoms with E-state index in [0.717, 1.165) is 5.92 Å². The number of hydrogen-bond acceptors (Lipinski definition) is 2. The standard InChI is InChI=1S/C17H22N2S/c1-2-6-15-13(4-1)14-5-3-7-16(17(14)19-15)18-10-12-8-9-20-11-12/h1-2,4,6,12,16,18-19H,3,5,7-11H2. The summed E-state index contributed by atoms with van der Waals surface area (Å²) in [6.07, 6.45) is 5.21. The summed E-state index contributed by atoms with van der Waals surface area (Å²) < 4.78 is 0. The number of aryl methyl sites for hydroxylation is 1. The van der Waals surface area contributed by atoms with E-state index in [1.54, 1.807) is 5.56 Å². The summed E-state index contributed by atoms with van der Waals surface area (Å²) in [7, 11) is 0. The molecule has 3 heteroatoms. The molecule has 0 bridgehead atoms. The molecule has 2 aromatic rings. The number of benzene rings is 1. The van der Waals surface area contributed by atoms with Crippen LogP contribution in [0.15, 0.2) is 24.3 Å². The van der Waals surface area contributed by atoms with E-state index < -0.39 is 0 Å². The second-order valence-corrected chi connectivity index (χ2v) is 7.30. The van der Waals surface area contributed by atoms with Gasteiger partial charge < -0.3 is 10.3 Å². The van der Waals surface area contributed by atoms with Gasteiger partial charge in [-0.3, -0.25) is 0 Å². The predicted molar refractivity (Wildman–Crippen MR) is 87.4 cm³/mol. The molecule has 0 amide bonds. The molecule has 20 heavy (non-hydrogen) atoms. The molecule has 1 aromatic carbocycles. The zero-order valence-corrected chi connectivity index (χ0v) is 12.6. The number of nitrogens with one attached hydrogen (secondary N) is 2. The zero-order valence-electron chi connectivity index (χ0n) is 11.8. The third-order valence-corrected chi connectivity index (χ3v) is 6.02. The summed E-state index contributed by atoms with van der Waals surface area (Å²) in [6.45, 7) is 1.19. The Labute approximate surface area is 124 Å². The average Bonchev–Trinajstić information content (AvgIpc) is 3.12. The van der Waals surface area contributed by atoms with Crippen LogP contribution in [0.5, 0.6) is 0 Å². The molecule has 1 saturated heterocycles. The fourth-order valence-corrected chi connectivity index (χ4v) is 4.96. The number of thioether (sulfide) groups is 1. The smallest absolute Gasteiger partial charge is 0.0476 e. The summed E-state index contributed by atoms with van der Waals surface area (Å²) in [6, 6.07) is 9.29. The molecule has 0 radical (unpaired) electrons. The fourth-order valence-electron chi connectivity index (χ4n) is 3.67. The summed E-state index contributed by atoms with van der Waals surface area (Å²) in [5.74, 6) is 3.59. The minimum atomic E-state index is 0.539. The van der Waals surface area contributed by atoms with Gasteiger partial charge in [-0.15, -0.1) is 0 Å². The number of H-pyrrole nitrogens is 1. The monoisotopic (exact) mass is 286 g/mol. The van der Waals surface area contributed by atoms with Crippen LogP contribution in [0.25, 0.3) is 10.9 Å². The van der Waals surface area contributed by atoms with Crippen LogP contribution in [0, 0.1) is 5.92 Å². The highest BCUT2D eigenvalue weighted by Crippen LogP contribution is 2.35. The third-order valence-electron chi connectivity index (χ3n) is 4.79. The number of rotatable bonds is 3. The molecule has 0 spiro atoms. The van der Waals surface area contributed by atoms with Gasteiger partial charge in [0.2, 0.25) is 0 Å². The van der Waals surface area contributed by atoms with Crippen molar-refractivity contribution in [2.24, 2.45) is 5.92 Å². The Kier molecular flexibility index (Phi) is 3.49. The van der Waals surface area contributed by atoms with Gasteiger partial charge in [0.15, 0.2) is 0 Å². The van der Waals surface area contributed by atoms with Crippen LogP contribution in [0.1, 0.15) is 36.6 Å². The second kappa shape index (κ2) is 5.45. The number of aromatic amines is 1. The number of fused-ring (bicyclic) bond motifs is 3. The van der Waals surface area contributed by atoms with Crippen LogP contribution in [-0.4, -0.2) is 23.0 Å². The minimum Gasteiger partial charge on any atom is -0.357 e. The normalized spacial score (nSPS) is 26.0. The first-order valence-electron chi connectivity index (χ1n) is 7.82. The van der Waals surface area contributed by atoms with Crippen molar-refractivity contribution in [2.75, 3.05) is 18.1 Å². The molecule has 1 fully saturated rings. The third kappa shape index (κ3) is 2.27. The highest BCUT2D eigenvalue weighted by molar-refractivity contribution is 7.99. The summed E-state index contributed by atoms with van der Waals surface area (Å²) in [4.78, 5) is 3.67.